The molecule has 1 aliphatic rings. The van der Waals surface area contributed by atoms with Gasteiger partial charge in [0.05, 0.1) is 6.10 Å². The number of amides is 11. The van der Waals surface area contributed by atoms with Crippen LogP contribution in [-0.4, -0.2) is 256 Å². The van der Waals surface area contributed by atoms with Crippen molar-refractivity contribution >= 4 is 76.7 Å². The normalized spacial score (nSPS) is 26.8. The summed E-state index contributed by atoms with van der Waals surface area (Å²) in [4.78, 5) is 175. The van der Waals surface area contributed by atoms with Gasteiger partial charge >= 0.3 is 0 Å². The molecule has 14 atom stereocenters. The summed E-state index contributed by atoms with van der Waals surface area (Å²) < 4.78 is 0. The predicted molar refractivity (Wildman–Crippen MR) is 368 cm³/mol. The van der Waals surface area contributed by atoms with Gasteiger partial charge in [-0.25, -0.2) is 0 Å². The van der Waals surface area contributed by atoms with E-state index < -0.39 is 161 Å². The van der Waals surface area contributed by atoms with E-state index in [9.17, 15) is 24.3 Å². The van der Waals surface area contributed by atoms with Crippen molar-refractivity contribution < 1.29 is 57.8 Å². The zero-order valence-corrected chi connectivity index (χ0v) is 62.4. The molecule has 0 bridgehead atoms. The number of carbonyl (C=O) groups excluding carboxylic acids is 11. The third kappa shape index (κ3) is 23.8. The van der Waals surface area contributed by atoms with Crippen molar-refractivity contribution in [3.8, 4) is 0 Å². The van der Waals surface area contributed by atoms with Crippen molar-refractivity contribution in [2.24, 2.45) is 41.4 Å². The maximum atomic E-state index is 15.4. The topological polar surface area (TPSA) is 282 Å². The average Bonchev–Trinajstić information content (AvgIpc) is 0.902. The summed E-state index contributed by atoms with van der Waals surface area (Å²) >= 11 is 1.19. The Bertz CT molecular complexity index is 2510. The molecule has 534 valence electrons. The quantitative estimate of drug-likeness (QED) is 0.0978. The van der Waals surface area contributed by atoms with Crippen LogP contribution in [0.1, 0.15) is 170 Å². The van der Waals surface area contributed by atoms with Crippen LogP contribution in [0.4, 0.5) is 0 Å². The van der Waals surface area contributed by atoms with Gasteiger partial charge in [0.25, 0.3) is 5.91 Å². The first-order valence-corrected chi connectivity index (χ1v) is 34.9. The Morgan fingerprint density at radius 3 is 1.40 bits per heavy atom. The van der Waals surface area contributed by atoms with E-state index in [1.54, 1.807) is 54.5 Å². The minimum Gasteiger partial charge on any atom is -0.390 e. The Labute approximate surface area is 562 Å². The highest BCUT2D eigenvalue weighted by molar-refractivity contribution is 8.00. The lowest BCUT2D eigenvalue weighted by Gasteiger charge is -2.41. The van der Waals surface area contributed by atoms with Gasteiger partial charge in [-0.2, -0.15) is 0 Å². The first-order valence-electron chi connectivity index (χ1n) is 33.9. The van der Waals surface area contributed by atoms with Gasteiger partial charge in [0.2, 0.25) is 59.1 Å². The van der Waals surface area contributed by atoms with E-state index in [-0.39, 0.29) is 43.4 Å². The third-order valence-electron chi connectivity index (χ3n) is 18.2. The fourth-order valence-corrected chi connectivity index (χ4v) is 13.1. The molecule has 1 rings (SSSR count). The Morgan fingerprint density at radius 1 is 0.484 bits per heavy atom. The molecule has 0 aromatic rings. The zero-order chi connectivity index (χ0) is 72.0. The minimum absolute atomic E-state index is 0.00536. The summed E-state index contributed by atoms with van der Waals surface area (Å²) in [6.45, 7) is 36.0. The molecule has 25 heteroatoms. The van der Waals surface area contributed by atoms with Gasteiger partial charge in [-0.3, -0.25) is 52.7 Å². The van der Waals surface area contributed by atoms with E-state index in [2.05, 4.69) is 26.2 Å². The molecular weight excluding hydrogens is 1210 g/mol. The van der Waals surface area contributed by atoms with Crippen LogP contribution in [0.25, 0.3) is 0 Å². The standard InChI is InChI=1S/C68H124N12O12S/c1-27-32-33-45(17)56(81)55-60(85)71-48(29-3)62(87)79(26)68(93-35-34-80(30-4)31-5)67(92)77(24)54(44(16)28-2)59(84)72-52(42(12)13)65(90)73(20)49(36-39(6)7)58(83)69-46(18)57(82)70-47(19)61(86)74(21)50(37-40(8)9)63(88)75(22)51(38-41(10)11)64(89)76(23)53(43(14)15)66(91)78(55)25/h27,32,39-56,68,81H,28-31,33-38H2,1-26H3,(H,69,83)(H,70,82)(H,71,85)(H,72,84)/b32-27+/t44-,45+,46-,47+,48-,49-,50-,51-,52-,53-,54-,55-,56+,68+/m0/s1. The maximum Gasteiger partial charge on any atom is 0.256 e. The van der Waals surface area contributed by atoms with Gasteiger partial charge < -0.3 is 65.6 Å². The van der Waals surface area contributed by atoms with Crippen molar-refractivity contribution in [1.29, 1.82) is 0 Å². The van der Waals surface area contributed by atoms with E-state index in [0.29, 0.717) is 38.2 Å². The van der Waals surface area contributed by atoms with Gasteiger partial charge in [-0.1, -0.05) is 129 Å². The number of nitrogens with zero attached hydrogens (tertiary/aromatic N) is 8. The summed E-state index contributed by atoms with van der Waals surface area (Å²) in [7, 11) is 10.1. The van der Waals surface area contributed by atoms with E-state index in [4.69, 9.17) is 0 Å². The summed E-state index contributed by atoms with van der Waals surface area (Å²) in [5, 5.41) is 22.2. The Kier molecular flexibility index (Phi) is 36.6. The maximum absolute atomic E-state index is 15.4. The van der Waals surface area contributed by atoms with E-state index >= 15 is 33.6 Å². The summed E-state index contributed by atoms with van der Waals surface area (Å²) in [6, 6.07) is -12.5. The van der Waals surface area contributed by atoms with Crippen LogP contribution in [0, 0.1) is 41.4 Å². The second-order valence-electron chi connectivity index (χ2n) is 27.7. The molecule has 24 nitrogen and oxygen atoms in total. The summed E-state index contributed by atoms with van der Waals surface area (Å²) in [5.41, 5.74) is 0. The van der Waals surface area contributed by atoms with Crippen LogP contribution in [-0.2, 0) is 52.7 Å². The molecule has 93 heavy (non-hydrogen) atoms. The number of aliphatic hydroxyl groups is 1. The van der Waals surface area contributed by atoms with Crippen molar-refractivity contribution in [1.82, 2.24) is 60.5 Å². The minimum atomic E-state index is -1.63. The van der Waals surface area contributed by atoms with Crippen LogP contribution < -0.4 is 21.3 Å². The van der Waals surface area contributed by atoms with Crippen LogP contribution in [0.15, 0.2) is 12.2 Å². The molecule has 1 heterocycles. The molecular formula is C68H124N12O12S. The Morgan fingerprint density at radius 2 is 0.935 bits per heavy atom. The van der Waals surface area contributed by atoms with E-state index in [1.807, 2.05) is 75.3 Å². The molecule has 1 aliphatic heterocycles. The van der Waals surface area contributed by atoms with E-state index in [0.717, 1.165) is 4.90 Å². The molecule has 0 aliphatic carbocycles. The first kappa shape index (κ1) is 85.2. The van der Waals surface area contributed by atoms with Gasteiger partial charge in [-0.05, 0) is 107 Å². The van der Waals surface area contributed by atoms with Gasteiger partial charge in [-0.15, -0.1) is 11.8 Å². The number of likely N-dealkylation sites (N-methyl/N-ethyl adjacent to an activating group) is 7. The lowest BCUT2D eigenvalue weighted by Crippen LogP contribution is -2.64. The number of allylic oxidation sites excluding steroid dienone is 2. The van der Waals surface area contributed by atoms with Crippen molar-refractivity contribution in [3.63, 3.8) is 0 Å². The molecule has 11 amide bonds. The van der Waals surface area contributed by atoms with Crippen LogP contribution >= 0.6 is 11.8 Å². The molecule has 0 spiro atoms. The van der Waals surface area contributed by atoms with Crippen molar-refractivity contribution in [2.45, 2.75) is 242 Å². The number of nitrogens with one attached hydrogen (secondary N) is 4. The van der Waals surface area contributed by atoms with Gasteiger partial charge in [0.1, 0.15) is 60.4 Å². The van der Waals surface area contributed by atoms with Crippen LogP contribution in [0.3, 0.4) is 0 Å². The largest absolute Gasteiger partial charge is 0.390 e. The molecule has 0 saturated carbocycles. The lowest BCUT2D eigenvalue weighted by atomic mass is 9.91. The van der Waals surface area contributed by atoms with Gasteiger partial charge in [0, 0.05) is 61.6 Å². The third-order valence-corrected chi connectivity index (χ3v) is 19.4. The highest BCUT2D eigenvalue weighted by Gasteiger charge is 2.47. The first-order chi connectivity index (χ1) is 43.2. The summed E-state index contributed by atoms with van der Waals surface area (Å²) in [6.07, 6.45) is 3.26. The number of aliphatic hydroxyl groups excluding tert-OH is 1. The van der Waals surface area contributed by atoms with Crippen molar-refractivity contribution in [2.75, 3.05) is 74.7 Å². The highest BCUT2D eigenvalue weighted by Crippen LogP contribution is 2.28. The number of hydrogen-bond acceptors (Lipinski definition) is 14. The smallest absolute Gasteiger partial charge is 0.256 e. The predicted octanol–water partition coefficient (Wildman–Crippen LogP) is 4.67. The van der Waals surface area contributed by atoms with Crippen LogP contribution in [0.5, 0.6) is 0 Å². The number of thioether (sulfide) groups is 1. The SMILES string of the molecule is C/C=C/C[C@@H](C)[C@@H](O)[C@H]1C(=O)N[C@@H](CC)C(=O)N(C)[C@H](SCCN(CC)CC)C(=O)N(C)[C@@H]([C@@H](C)CC)C(=O)N[C@@H](C(C)C)C(=O)N(C)[C@@H](CC(C)C)C(=O)N[C@@H](C)C(=O)N[C@H](C)C(=O)N(C)[C@@H](CC(C)C)C(=O)N(C)[C@@H](CC(C)C)C(=O)N(C)[C@@H](C(C)C)C(=O)N1C. The lowest BCUT2D eigenvalue weighted by molar-refractivity contribution is -0.157. The molecule has 0 aromatic carbocycles. The highest BCUT2D eigenvalue weighted by atomic mass is 32.2. The average molecular weight is 1330 g/mol. The second kappa shape index (κ2) is 39.9. The molecule has 0 aromatic heterocycles. The Balaban J connectivity index is 4.56. The second-order valence-corrected chi connectivity index (χ2v) is 28.9. The number of carbonyl (C=O) groups is 11. The molecule has 1 saturated heterocycles. The molecule has 0 unspecified atom stereocenters. The molecule has 5 N–H and O–H groups in total. The van der Waals surface area contributed by atoms with Gasteiger partial charge in [0.15, 0.2) is 5.37 Å². The zero-order valence-electron chi connectivity index (χ0n) is 61.6. The van der Waals surface area contributed by atoms with Crippen LogP contribution in [0.2, 0.25) is 0 Å². The molecule has 0 radical (unpaired) electrons. The molecule has 1 fully saturated rings. The fraction of sp³-hybridized carbons (Fsp3) is 0.809. The summed E-state index contributed by atoms with van der Waals surface area (Å²) in [5.74, 6) is -9.74. The van der Waals surface area contributed by atoms with E-state index in [1.165, 1.54) is 104 Å². The number of rotatable bonds is 21. The number of hydrogen-bond donors (Lipinski definition) is 5. The fourth-order valence-electron chi connectivity index (χ4n) is 11.8. The monoisotopic (exact) mass is 1330 g/mol. The Hall–Kier alpha value is -5.82. The van der Waals surface area contributed by atoms with Crippen molar-refractivity contribution in [3.05, 3.63) is 12.2 Å².